The average Bonchev–Trinajstić information content (AvgIpc) is 2.17. The van der Waals surface area contributed by atoms with Crippen molar-refractivity contribution in [3.05, 3.63) is 11.3 Å². The van der Waals surface area contributed by atoms with Crippen LogP contribution in [0.3, 0.4) is 0 Å². The normalized spacial score (nSPS) is 18.1. The smallest absolute Gasteiger partial charge is 0.160 e. The van der Waals surface area contributed by atoms with Gasteiger partial charge in [0.05, 0.1) is 0 Å². The Balaban J connectivity index is 2.88. The van der Waals surface area contributed by atoms with E-state index in [0.29, 0.717) is 12.2 Å². The van der Waals surface area contributed by atoms with Crippen molar-refractivity contribution in [3.8, 4) is 0 Å². The second-order valence-corrected chi connectivity index (χ2v) is 4.48. The van der Waals surface area contributed by atoms with Gasteiger partial charge in [0, 0.05) is 44.9 Å². The van der Waals surface area contributed by atoms with Crippen LogP contribution in [0.4, 0.5) is 0 Å². The van der Waals surface area contributed by atoms with Crippen LogP contribution >= 0.6 is 0 Å². The van der Waals surface area contributed by atoms with Crippen molar-refractivity contribution in [1.29, 1.82) is 0 Å². The molecular weight excluding hydrogens is 188 g/mol. The first-order valence-corrected chi connectivity index (χ1v) is 5.67. The Morgan fingerprint density at radius 2 is 2.13 bits per heavy atom. The maximum Gasteiger partial charge on any atom is 0.160 e. The molecule has 0 saturated carbocycles. The van der Waals surface area contributed by atoms with Crippen molar-refractivity contribution in [2.45, 2.75) is 26.2 Å². The minimum Gasteiger partial charge on any atom is -0.380 e. The molecule has 0 amide bonds. The van der Waals surface area contributed by atoms with Crippen LogP contribution in [0.15, 0.2) is 11.3 Å². The van der Waals surface area contributed by atoms with Crippen molar-refractivity contribution in [2.24, 2.45) is 0 Å². The van der Waals surface area contributed by atoms with Crippen LogP contribution in [-0.4, -0.2) is 49.8 Å². The molecule has 0 saturated heterocycles. The summed E-state index contributed by atoms with van der Waals surface area (Å²) in [6, 6.07) is 0. The molecule has 1 aliphatic rings. The minimum absolute atomic E-state index is 0.342. The van der Waals surface area contributed by atoms with Crippen LogP contribution in [-0.2, 0) is 4.79 Å². The molecule has 0 N–H and O–H groups in total. The summed E-state index contributed by atoms with van der Waals surface area (Å²) in [7, 11) is 6.14. The zero-order chi connectivity index (χ0) is 11.4. The molecule has 0 aromatic carbocycles. The van der Waals surface area contributed by atoms with E-state index in [4.69, 9.17) is 0 Å². The third kappa shape index (κ3) is 3.06. The molecule has 0 aromatic heterocycles. The van der Waals surface area contributed by atoms with Crippen molar-refractivity contribution >= 4 is 5.78 Å². The quantitative estimate of drug-likeness (QED) is 0.702. The number of carbonyl (C=O) groups is 1. The number of rotatable bonds is 4. The van der Waals surface area contributed by atoms with Gasteiger partial charge >= 0.3 is 0 Å². The number of ketones is 1. The zero-order valence-corrected chi connectivity index (χ0v) is 10.3. The largest absolute Gasteiger partial charge is 0.380 e. The molecule has 0 aromatic rings. The predicted molar refractivity (Wildman–Crippen MR) is 62.7 cm³/mol. The van der Waals surface area contributed by atoms with Crippen LogP contribution in [0.1, 0.15) is 26.2 Å². The molecule has 3 nitrogen and oxygen atoms in total. The molecule has 3 heteroatoms. The Labute approximate surface area is 92.7 Å². The first kappa shape index (κ1) is 12.2. The van der Waals surface area contributed by atoms with E-state index in [2.05, 4.69) is 23.8 Å². The van der Waals surface area contributed by atoms with Gasteiger partial charge in [-0.05, 0) is 19.9 Å². The molecule has 0 radical (unpaired) electrons. The predicted octanol–water partition coefficient (Wildman–Crippen LogP) is 1.51. The summed E-state index contributed by atoms with van der Waals surface area (Å²) in [4.78, 5) is 16.3. The van der Waals surface area contributed by atoms with Crippen LogP contribution in [0.25, 0.3) is 0 Å². The van der Waals surface area contributed by atoms with Gasteiger partial charge < -0.3 is 9.80 Å². The van der Waals surface area contributed by atoms with Crippen LogP contribution in [0.2, 0.25) is 0 Å². The monoisotopic (exact) mass is 210 g/mol. The Morgan fingerprint density at radius 1 is 1.47 bits per heavy atom. The van der Waals surface area contributed by atoms with E-state index in [1.54, 1.807) is 0 Å². The highest BCUT2D eigenvalue weighted by Gasteiger charge is 2.21. The third-order valence-electron chi connectivity index (χ3n) is 2.87. The maximum atomic E-state index is 11.9. The van der Waals surface area contributed by atoms with Gasteiger partial charge in [0.1, 0.15) is 0 Å². The lowest BCUT2D eigenvalue weighted by Gasteiger charge is -2.31. The molecular formula is C12H22N2O. The zero-order valence-electron chi connectivity index (χ0n) is 10.3. The Kier molecular flexibility index (Phi) is 4.33. The van der Waals surface area contributed by atoms with Gasteiger partial charge in [-0.1, -0.05) is 6.92 Å². The van der Waals surface area contributed by atoms with Crippen LogP contribution in [0.5, 0.6) is 0 Å². The second-order valence-electron chi connectivity index (χ2n) is 4.48. The van der Waals surface area contributed by atoms with Gasteiger partial charge in [0.15, 0.2) is 5.78 Å². The highest BCUT2D eigenvalue weighted by atomic mass is 16.1. The fourth-order valence-electron chi connectivity index (χ4n) is 1.97. The van der Waals surface area contributed by atoms with E-state index < -0.39 is 0 Å². The number of likely N-dealkylation sites (N-methyl/N-ethyl adjacent to an activating group) is 2. The summed E-state index contributed by atoms with van der Waals surface area (Å²) >= 11 is 0. The Bertz CT molecular complexity index is 269. The van der Waals surface area contributed by atoms with Gasteiger partial charge in [-0.15, -0.1) is 0 Å². The topological polar surface area (TPSA) is 23.6 Å². The summed E-state index contributed by atoms with van der Waals surface area (Å²) < 4.78 is 0. The van der Waals surface area contributed by atoms with Crippen molar-refractivity contribution in [1.82, 2.24) is 9.80 Å². The summed E-state index contributed by atoms with van der Waals surface area (Å²) in [5.74, 6) is 0.342. The summed E-state index contributed by atoms with van der Waals surface area (Å²) in [5.41, 5.74) is 2.25. The lowest BCUT2D eigenvalue weighted by Crippen LogP contribution is -2.35. The van der Waals surface area contributed by atoms with E-state index in [1.165, 1.54) is 5.70 Å². The number of Topliss-reactive ketones (excluding diaryl/α,β-unsaturated/α-hetero) is 1. The number of carbonyl (C=O) groups excluding carboxylic acids is 1. The van der Waals surface area contributed by atoms with Crippen LogP contribution in [0, 0.1) is 0 Å². The van der Waals surface area contributed by atoms with Gasteiger partial charge in [-0.2, -0.15) is 0 Å². The van der Waals surface area contributed by atoms with Crippen molar-refractivity contribution < 1.29 is 4.79 Å². The molecule has 0 atom stereocenters. The van der Waals surface area contributed by atoms with Crippen molar-refractivity contribution in [2.75, 3.05) is 34.2 Å². The van der Waals surface area contributed by atoms with E-state index in [1.807, 2.05) is 14.1 Å². The lowest BCUT2D eigenvalue weighted by molar-refractivity contribution is -0.116. The highest BCUT2D eigenvalue weighted by Crippen LogP contribution is 2.20. The molecule has 1 rings (SSSR count). The first-order chi connectivity index (χ1) is 7.06. The molecule has 0 unspecified atom stereocenters. The molecule has 86 valence electrons. The summed E-state index contributed by atoms with van der Waals surface area (Å²) in [5, 5.41) is 0. The molecule has 15 heavy (non-hydrogen) atoms. The summed E-state index contributed by atoms with van der Waals surface area (Å²) in [6.07, 6.45) is 2.54. The highest BCUT2D eigenvalue weighted by molar-refractivity contribution is 5.96. The van der Waals surface area contributed by atoms with E-state index in [-0.39, 0.29) is 0 Å². The van der Waals surface area contributed by atoms with E-state index in [9.17, 15) is 4.79 Å². The van der Waals surface area contributed by atoms with Gasteiger partial charge in [-0.3, -0.25) is 4.79 Å². The second kappa shape index (κ2) is 5.31. The standard InChI is InChI=1S/C12H22N2O/c1-5-6-12(15)10-7-8-14(4)9-11(10)13(2)3/h5-9H2,1-4H3. The first-order valence-electron chi connectivity index (χ1n) is 5.67. The van der Waals surface area contributed by atoms with E-state index >= 15 is 0 Å². The molecule has 0 spiro atoms. The molecule has 0 aliphatic carbocycles. The van der Waals surface area contributed by atoms with Crippen LogP contribution < -0.4 is 0 Å². The molecule has 0 bridgehead atoms. The Morgan fingerprint density at radius 3 is 2.67 bits per heavy atom. The third-order valence-corrected chi connectivity index (χ3v) is 2.87. The average molecular weight is 210 g/mol. The molecule has 1 heterocycles. The maximum absolute atomic E-state index is 11.9. The fraction of sp³-hybridized carbons (Fsp3) is 0.750. The fourth-order valence-corrected chi connectivity index (χ4v) is 1.97. The number of nitrogens with zero attached hydrogens (tertiary/aromatic N) is 2. The van der Waals surface area contributed by atoms with Crippen molar-refractivity contribution in [3.63, 3.8) is 0 Å². The van der Waals surface area contributed by atoms with E-state index in [0.717, 1.165) is 31.5 Å². The summed E-state index contributed by atoms with van der Waals surface area (Å²) in [6.45, 7) is 3.96. The molecule has 0 fully saturated rings. The Hall–Kier alpha value is -0.830. The number of hydrogen-bond acceptors (Lipinski definition) is 3. The lowest BCUT2D eigenvalue weighted by atomic mass is 9.98. The number of hydrogen-bond donors (Lipinski definition) is 0. The van der Waals surface area contributed by atoms with Gasteiger partial charge in [-0.25, -0.2) is 0 Å². The SMILES string of the molecule is CCCC(=O)C1=C(N(C)C)CN(C)CC1. The minimum atomic E-state index is 0.342. The molecule has 1 aliphatic heterocycles. The van der Waals surface area contributed by atoms with Gasteiger partial charge in [0.25, 0.3) is 0 Å². The van der Waals surface area contributed by atoms with Gasteiger partial charge in [0.2, 0.25) is 0 Å².